The van der Waals surface area contributed by atoms with Crippen LogP contribution in [-0.4, -0.2) is 41.4 Å². The molecule has 0 fully saturated rings. The molecule has 1 atom stereocenters. The van der Waals surface area contributed by atoms with E-state index in [0.717, 1.165) is 10.9 Å². The number of aryl methyl sites for hydroxylation is 1. The summed E-state index contributed by atoms with van der Waals surface area (Å²) in [6, 6.07) is 5.59. The maximum Gasteiger partial charge on any atom is 0.336 e. The molecular formula is C22H27N3O7. The van der Waals surface area contributed by atoms with Gasteiger partial charge in [0.2, 0.25) is 17.7 Å². The smallest absolute Gasteiger partial charge is 0.336 e. The van der Waals surface area contributed by atoms with Crippen molar-refractivity contribution in [1.82, 2.24) is 10.6 Å². The number of anilines is 1. The molecule has 10 nitrogen and oxygen atoms in total. The van der Waals surface area contributed by atoms with E-state index in [1.807, 2.05) is 0 Å². The van der Waals surface area contributed by atoms with Crippen molar-refractivity contribution in [3.63, 3.8) is 0 Å². The molecule has 0 aliphatic rings. The molecule has 0 saturated heterocycles. The molecule has 0 aliphatic heterocycles. The average molecular weight is 445 g/mol. The molecule has 32 heavy (non-hydrogen) atoms. The molecule has 2 rings (SSSR count). The zero-order valence-corrected chi connectivity index (χ0v) is 18.0. The zero-order valence-electron chi connectivity index (χ0n) is 18.0. The summed E-state index contributed by atoms with van der Waals surface area (Å²) in [7, 11) is 0. The van der Waals surface area contributed by atoms with Gasteiger partial charge in [0.25, 0.3) is 0 Å². The number of rotatable bonds is 11. The minimum atomic E-state index is -1.03. The van der Waals surface area contributed by atoms with Gasteiger partial charge in [0, 0.05) is 43.1 Å². The fourth-order valence-corrected chi connectivity index (χ4v) is 3.16. The van der Waals surface area contributed by atoms with E-state index < -0.39 is 23.5 Å². The monoisotopic (exact) mass is 445 g/mol. The first-order valence-electron chi connectivity index (χ1n) is 10.3. The lowest BCUT2D eigenvalue weighted by atomic mass is 10.1. The van der Waals surface area contributed by atoms with Crippen molar-refractivity contribution in [3.05, 3.63) is 40.2 Å². The van der Waals surface area contributed by atoms with Crippen LogP contribution in [0.2, 0.25) is 0 Å². The highest BCUT2D eigenvalue weighted by atomic mass is 16.4. The van der Waals surface area contributed by atoms with Crippen LogP contribution in [0.4, 0.5) is 5.69 Å². The number of benzene rings is 1. The fraction of sp³-hybridized carbons (Fsp3) is 0.409. The summed E-state index contributed by atoms with van der Waals surface area (Å²) >= 11 is 0. The highest BCUT2D eigenvalue weighted by Crippen LogP contribution is 2.21. The SMILES string of the molecule is CC(=O)N[C@@H](CCCCNC(=O)CCC(=O)O)C(=O)Nc1ccc2c(C)cc(=O)oc2c1. The Hall–Kier alpha value is -3.69. The second-order valence-electron chi connectivity index (χ2n) is 7.44. The Morgan fingerprint density at radius 1 is 1.09 bits per heavy atom. The van der Waals surface area contributed by atoms with Gasteiger partial charge in [-0.2, -0.15) is 0 Å². The molecule has 10 heteroatoms. The highest BCUT2D eigenvalue weighted by molar-refractivity contribution is 5.98. The van der Waals surface area contributed by atoms with Crippen molar-refractivity contribution >= 4 is 40.3 Å². The Morgan fingerprint density at radius 2 is 1.84 bits per heavy atom. The first-order valence-corrected chi connectivity index (χ1v) is 10.3. The van der Waals surface area contributed by atoms with E-state index in [1.165, 1.54) is 13.0 Å². The number of carbonyl (C=O) groups is 4. The van der Waals surface area contributed by atoms with Crippen LogP contribution in [0.25, 0.3) is 11.0 Å². The average Bonchev–Trinajstić information content (AvgIpc) is 2.70. The van der Waals surface area contributed by atoms with E-state index >= 15 is 0 Å². The Balaban J connectivity index is 1.91. The molecule has 172 valence electrons. The molecule has 0 bridgehead atoms. The Kier molecular flexibility index (Phi) is 8.94. The van der Waals surface area contributed by atoms with E-state index in [-0.39, 0.29) is 24.7 Å². The summed E-state index contributed by atoms with van der Waals surface area (Å²) in [5, 5.41) is 17.3. The lowest BCUT2D eigenvalue weighted by molar-refractivity contribution is -0.138. The van der Waals surface area contributed by atoms with Gasteiger partial charge in [-0.15, -0.1) is 0 Å². The van der Waals surface area contributed by atoms with Gasteiger partial charge in [-0.25, -0.2) is 4.79 Å². The Morgan fingerprint density at radius 3 is 2.53 bits per heavy atom. The number of carbonyl (C=O) groups excluding carboxylic acids is 3. The zero-order chi connectivity index (χ0) is 23.7. The maximum absolute atomic E-state index is 12.7. The van der Waals surface area contributed by atoms with Crippen LogP contribution >= 0.6 is 0 Å². The van der Waals surface area contributed by atoms with E-state index in [0.29, 0.717) is 37.1 Å². The van der Waals surface area contributed by atoms with Gasteiger partial charge in [-0.05, 0) is 43.9 Å². The van der Waals surface area contributed by atoms with Crippen LogP contribution in [0, 0.1) is 6.92 Å². The van der Waals surface area contributed by atoms with E-state index in [4.69, 9.17) is 9.52 Å². The second kappa shape index (κ2) is 11.6. The largest absolute Gasteiger partial charge is 0.481 e. The fourth-order valence-electron chi connectivity index (χ4n) is 3.16. The summed E-state index contributed by atoms with van der Waals surface area (Å²) in [5.74, 6) is -2.15. The first-order chi connectivity index (χ1) is 15.2. The minimum absolute atomic E-state index is 0.0857. The molecule has 4 N–H and O–H groups in total. The number of carboxylic acids is 1. The standard InChI is InChI=1S/C22H27N3O7/c1-13-11-21(30)32-18-12-15(6-7-16(13)18)25-22(31)17(24-14(2)26)5-3-4-10-23-19(27)8-9-20(28)29/h6-7,11-12,17H,3-5,8-10H2,1-2H3,(H,23,27)(H,24,26)(H,25,31)(H,28,29)/t17-/m0/s1. The Labute approximate surface area is 184 Å². The molecule has 0 spiro atoms. The number of carboxylic acid groups (broad SMARTS) is 1. The van der Waals surface area contributed by atoms with Crippen molar-refractivity contribution < 1.29 is 28.7 Å². The summed E-state index contributed by atoms with van der Waals surface area (Å²) < 4.78 is 5.19. The van der Waals surface area contributed by atoms with Gasteiger partial charge in [0.1, 0.15) is 11.6 Å². The summed E-state index contributed by atoms with van der Waals surface area (Å²) in [6.45, 7) is 3.45. The molecule has 1 aromatic carbocycles. The molecule has 0 radical (unpaired) electrons. The number of nitrogens with one attached hydrogen (secondary N) is 3. The molecule has 0 aliphatic carbocycles. The van der Waals surface area contributed by atoms with Crippen molar-refractivity contribution in [2.75, 3.05) is 11.9 Å². The van der Waals surface area contributed by atoms with Crippen molar-refractivity contribution in [3.8, 4) is 0 Å². The first kappa shape index (κ1) is 24.6. The number of hydrogen-bond donors (Lipinski definition) is 4. The molecule has 0 saturated carbocycles. The third-order valence-corrected chi connectivity index (χ3v) is 4.72. The molecule has 1 heterocycles. The van der Waals surface area contributed by atoms with Crippen LogP contribution in [-0.2, 0) is 19.2 Å². The third-order valence-electron chi connectivity index (χ3n) is 4.72. The highest BCUT2D eigenvalue weighted by Gasteiger charge is 2.19. The predicted octanol–water partition coefficient (Wildman–Crippen LogP) is 1.70. The third kappa shape index (κ3) is 7.86. The molecule has 3 amide bonds. The lowest BCUT2D eigenvalue weighted by Gasteiger charge is -2.18. The number of unbranched alkanes of at least 4 members (excludes halogenated alkanes) is 1. The van der Waals surface area contributed by atoms with Gasteiger partial charge in [-0.3, -0.25) is 19.2 Å². The van der Waals surface area contributed by atoms with Crippen molar-refractivity contribution in [1.29, 1.82) is 0 Å². The van der Waals surface area contributed by atoms with Crippen molar-refractivity contribution in [2.45, 2.75) is 52.0 Å². The summed E-state index contributed by atoms with van der Waals surface area (Å²) in [4.78, 5) is 57.8. The summed E-state index contributed by atoms with van der Waals surface area (Å²) in [5.41, 5.74) is 1.06. The van der Waals surface area contributed by atoms with Crippen LogP contribution in [0.15, 0.2) is 33.5 Å². The van der Waals surface area contributed by atoms with Crippen LogP contribution < -0.4 is 21.6 Å². The minimum Gasteiger partial charge on any atom is -0.481 e. The van der Waals surface area contributed by atoms with Crippen LogP contribution in [0.5, 0.6) is 0 Å². The van der Waals surface area contributed by atoms with Crippen LogP contribution in [0.1, 0.15) is 44.6 Å². The number of hydrogen-bond acceptors (Lipinski definition) is 6. The van der Waals surface area contributed by atoms with Crippen molar-refractivity contribution in [2.24, 2.45) is 0 Å². The van der Waals surface area contributed by atoms with Gasteiger partial charge >= 0.3 is 11.6 Å². The van der Waals surface area contributed by atoms with Gasteiger partial charge < -0.3 is 25.5 Å². The number of aliphatic carboxylic acids is 1. The molecular weight excluding hydrogens is 418 g/mol. The maximum atomic E-state index is 12.7. The Bertz CT molecular complexity index is 1060. The van der Waals surface area contributed by atoms with Gasteiger partial charge in [0.15, 0.2) is 0 Å². The molecule has 0 unspecified atom stereocenters. The molecule has 2 aromatic rings. The topological polar surface area (TPSA) is 155 Å². The van der Waals surface area contributed by atoms with E-state index in [2.05, 4.69) is 16.0 Å². The lowest BCUT2D eigenvalue weighted by Crippen LogP contribution is -2.43. The summed E-state index contributed by atoms with van der Waals surface area (Å²) in [6.07, 6.45) is 1.14. The van der Waals surface area contributed by atoms with Gasteiger partial charge in [0.05, 0.1) is 6.42 Å². The molecule has 1 aromatic heterocycles. The number of amides is 3. The quantitative estimate of drug-likeness (QED) is 0.303. The van der Waals surface area contributed by atoms with Gasteiger partial charge in [-0.1, -0.05) is 0 Å². The van der Waals surface area contributed by atoms with E-state index in [1.54, 1.807) is 25.1 Å². The second-order valence-corrected chi connectivity index (χ2v) is 7.44. The van der Waals surface area contributed by atoms with Crippen LogP contribution in [0.3, 0.4) is 0 Å². The number of fused-ring (bicyclic) bond motifs is 1. The predicted molar refractivity (Wildman–Crippen MR) is 117 cm³/mol. The normalized spacial score (nSPS) is 11.6. The van der Waals surface area contributed by atoms with E-state index in [9.17, 15) is 24.0 Å².